The Morgan fingerprint density at radius 3 is 2.62 bits per heavy atom. The summed E-state index contributed by atoms with van der Waals surface area (Å²) in [5.74, 6) is -0.562. The van der Waals surface area contributed by atoms with Gasteiger partial charge >= 0.3 is 0 Å². The summed E-state index contributed by atoms with van der Waals surface area (Å²) in [5.41, 5.74) is 0.843. The molecule has 32 heavy (non-hydrogen) atoms. The number of aryl methyl sites for hydroxylation is 1. The van der Waals surface area contributed by atoms with Crippen molar-refractivity contribution in [2.24, 2.45) is 17.8 Å². The van der Waals surface area contributed by atoms with E-state index in [1.807, 2.05) is 13.8 Å². The van der Waals surface area contributed by atoms with E-state index < -0.39 is 12.0 Å². The van der Waals surface area contributed by atoms with Gasteiger partial charge in [0.1, 0.15) is 17.6 Å². The zero-order valence-electron chi connectivity index (χ0n) is 18.8. The lowest BCUT2D eigenvalue weighted by Gasteiger charge is -2.24. The summed E-state index contributed by atoms with van der Waals surface area (Å²) in [6, 6.07) is 6.60. The van der Waals surface area contributed by atoms with Gasteiger partial charge in [-0.15, -0.1) is 0 Å². The van der Waals surface area contributed by atoms with Gasteiger partial charge in [-0.3, -0.25) is 14.4 Å². The van der Waals surface area contributed by atoms with E-state index in [1.54, 1.807) is 18.2 Å². The highest BCUT2D eigenvalue weighted by molar-refractivity contribution is 6.35. The van der Waals surface area contributed by atoms with Crippen molar-refractivity contribution in [3.8, 4) is 6.07 Å². The van der Waals surface area contributed by atoms with Gasteiger partial charge in [-0.2, -0.15) is 5.26 Å². The molecule has 0 saturated heterocycles. The molecule has 2 rings (SSSR count). The molecule has 7 heteroatoms. The van der Waals surface area contributed by atoms with Crippen LogP contribution < -0.4 is 5.32 Å². The van der Waals surface area contributed by atoms with Gasteiger partial charge < -0.3 is 5.32 Å². The molecule has 0 unspecified atom stereocenters. The Balaban J connectivity index is 1.94. The Hall–Kier alpha value is -1.90. The maximum atomic E-state index is 12.9. The van der Waals surface area contributed by atoms with Crippen molar-refractivity contribution in [2.75, 3.05) is 0 Å². The zero-order valence-corrected chi connectivity index (χ0v) is 20.3. The number of carbonyl (C=O) groups is 3. The molecule has 1 amide bonds. The molecular weight excluding hydrogens is 447 g/mol. The first-order valence-corrected chi connectivity index (χ1v) is 12.1. The third-order valence-electron chi connectivity index (χ3n) is 5.96. The molecule has 1 aliphatic carbocycles. The van der Waals surface area contributed by atoms with Gasteiger partial charge in [0.05, 0.1) is 6.07 Å². The zero-order chi connectivity index (χ0) is 23.7. The van der Waals surface area contributed by atoms with Crippen LogP contribution in [0.1, 0.15) is 70.8 Å². The van der Waals surface area contributed by atoms with Crippen molar-refractivity contribution in [2.45, 2.75) is 77.7 Å². The molecule has 1 aromatic carbocycles. The summed E-state index contributed by atoms with van der Waals surface area (Å²) in [6.45, 7) is 4.00. The molecule has 0 aromatic heterocycles. The van der Waals surface area contributed by atoms with Crippen LogP contribution in [0.2, 0.25) is 10.0 Å². The fourth-order valence-corrected chi connectivity index (χ4v) is 4.75. The first-order valence-electron chi connectivity index (χ1n) is 11.4. The quantitative estimate of drug-likeness (QED) is 0.441. The van der Waals surface area contributed by atoms with Gasteiger partial charge in [-0.1, -0.05) is 49.5 Å². The van der Waals surface area contributed by atoms with Crippen LogP contribution in [0.4, 0.5) is 0 Å². The van der Waals surface area contributed by atoms with Gasteiger partial charge in [0.2, 0.25) is 5.91 Å². The fraction of sp³-hybridized carbons (Fsp3) is 0.600. The number of Topliss-reactive ketones (excluding diaryl/α,β-unsaturated/α-hetero) is 2. The Morgan fingerprint density at radius 2 is 2.00 bits per heavy atom. The monoisotopic (exact) mass is 478 g/mol. The summed E-state index contributed by atoms with van der Waals surface area (Å²) in [4.78, 5) is 37.7. The topological polar surface area (TPSA) is 87.0 Å². The lowest BCUT2D eigenvalue weighted by atomic mass is 9.83. The average Bonchev–Trinajstić information content (AvgIpc) is 2.73. The van der Waals surface area contributed by atoms with Crippen molar-refractivity contribution in [3.05, 3.63) is 33.8 Å². The van der Waals surface area contributed by atoms with Crippen molar-refractivity contribution < 1.29 is 14.4 Å². The van der Waals surface area contributed by atoms with E-state index >= 15 is 0 Å². The normalized spacial score (nSPS) is 18.1. The van der Waals surface area contributed by atoms with E-state index in [1.165, 1.54) is 0 Å². The number of carbonyl (C=O) groups excluding carboxylic acids is 3. The summed E-state index contributed by atoms with van der Waals surface area (Å²) >= 11 is 12.1. The second-order valence-corrected chi connectivity index (χ2v) is 9.98. The second kappa shape index (κ2) is 13.0. The lowest BCUT2D eigenvalue weighted by Crippen LogP contribution is -2.41. The largest absolute Gasteiger partial charge is 0.340 e. The molecule has 1 fully saturated rings. The van der Waals surface area contributed by atoms with Crippen LogP contribution in [0, 0.1) is 29.1 Å². The van der Waals surface area contributed by atoms with Crippen LogP contribution in [0.5, 0.6) is 0 Å². The molecule has 1 aliphatic rings. The number of rotatable bonds is 11. The van der Waals surface area contributed by atoms with Gasteiger partial charge in [0.25, 0.3) is 0 Å². The minimum absolute atomic E-state index is 0.0206. The number of benzene rings is 1. The molecular formula is C25H32Cl2N2O3. The molecule has 0 aliphatic heterocycles. The first-order chi connectivity index (χ1) is 15.2. The number of nitriles is 1. The van der Waals surface area contributed by atoms with E-state index in [4.69, 9.17) is 23.2 Å². The van der Waals surface area contributed by atoms with Crippen molar-refractivity contribution in [1.29, 1.82) is 5.26 Å². The maximum Gasteiger partial charge on any atom is 0.224 e. The van der Waals surface area contributed by atoms with Crippen LogP contribution in [-0.4, -0.2) is 23.5 Å². The van der Waals surface area contributed by atoms with Crippen LogP contribution in [0.25, 0.3) is 0 Å². The molecule has 1 saturated carbocycles. The smallest absolute Gasteiger partial charge is 0.224 e. The Kier molecular flexibility index (Phi) is 10.7. The predicted molar refractivity (Wildman–Crippen MR) is 126 cm³/mol. The number of nitrogens with zero attached hydrogens (tertiary/aromatic N) is 1. The van der Waals surface area contributed by atoms with E-state index in [0.717, 1.165) is 24.8 Å². The molecule has 0 heterocycles. The molecule has 3 atom stereocenters. The highest BCUT2D eigenvalue weighted by Crippen LogP contribution is 2.26. The van der Waals surface area contributed by atoms with Crippen molar-refractivity contribution in [3.63, 3.8) is 0 Å². The van der Waals surface area contributed by atoms with Gasteiger partial charge in [0, 0.05) is 41.1 Å². The molecule has 0 bridgehead atoms. The van der Waals surface area contributed by atoms with Gasteiger partial charge in [0.15, 0.2) is 0 Å². The number of amides is 1. The minimum atomic E-state index is -0.716. The number of halogens is 2. The molecule has 1 N–H and O–H groups in total. The third-order valence-corrected chi connectivity index (χ3v) is 6.55. The Labute approximate surface area is 200 Å². The lowest BCUT2D eigenvalue weighted by molar-refractivity contribution is -0.130. The summed E-state index contributed by atoms with van der Waals surface area (Å²) in [7, 11) is 0. The average molecular weight is 479 g/mol. The summed E-state index contributed by atoms with van der Waals surface area (Å²) in [6.07, 6.45) is 4.99. The maximum absolute atomic E-state index is 12.9. The highest BCUT2D eigenvalue weighted by Gasteiger charge is 2.29. The van der Waals surface area contributed by atoms with Crippen molar-refractivity contribution in [1.82, 2.24) is 5.32 Å². The second-order valence-electron chi connectivity index (χ2n) is 9.14. The SMILES string of the molecule is CC(C)C[C@H](CC(=O)CCc1ccc(Cl)cc1Cl)C(=O)N[C@H](C#N)C[C@@H]1CCCCC1=O. The van der Waals surface area contributed by atoms with Gasteiger partial charge in [-0.25, -0.2) is 0 Å². The molecule has 0 radical (unpaired) electrons. The Bertz CT molecular complexity index is 863. The van der Waals surface area contributed by atoms with Crippen LogP contribution >= 0.6 is 23.2 Å². The number of hydrogen-bond donors (Lipinski definition) is 1. The number of nitrogens with one attached hydrogen (secondary N) is 1. The third kappa shape index (κ3) is 8.56. The van der Waals surface area contributed by atoms with Gasteiger partial charge in [-0.05, 0) is 55.7 Å². The van der Waals surface area contributed by atoms with Crippen LogP contribution in [0.3, 0.4) is 0 Å². The van der Waals surface area contributed by atoms with E-state index in [9.17, 15) is 19.6 Å². The predicted octanol–water partition coefficient (Wildman–Crippen LogP) is 5.71. The minimum Gasteiger partial charge on any atom is -0.340 e. The van der Waals surface area contributed by atoms with E-state index in [2.05, 4.69) is 11.4 Å². The Morgan fingerprint density at radius 1 is 1.25 bits per heavy atom. The number of ketones is 2. The molecule has 0 spiro atoms. The first kappa shape index (κ1) is 26.4. The summed E-state index contributed by atoms with van der Waals surface area (Å²) in [5, 5.41) is 13.4. The standard InChI is InChI=1S/C25H32Cl2N2O3/c1-16(2)11-19(13-22(30)10-8-17-7-9-20(26)14-23(17)27)25(32)29-21(15-28)12-18-5-3-4-6-24(18)31/h7,9,14,16,18-19,21H,3-6,8,10-13H2,1-2H3,(H,29,32)/t18-,19+,21-/m0/s1. The van der Waals surface area contributed by atoms with Crippen LogP contribution in [0.15, 0.2) is 18.2 Å². The molecule has 174 valence electrons. The molecule has 5 nitrogen and oxygen atoms in total. The van der Waals surface area contributed by atoms with Crippen molar-refractivity contribution >= 4 is 40.7 Å². The fourth-order valence-electron chi connectivity index (χ4n) is 4.25. The summed E-state index contributed by atoms with van der Waals surface area (Å²) < 4.78 is 0. The number of hydrogen-bond acceptors (Lipinski definition) is 4. The van der Waals surface area contributed by atoms with E-state index in [-0.39, 0.29) is 42.2 Å². The van der Waals surface area contributed by atoms with Crippen LogP contribution in [-0.2, 0) is 20.8 Å². The highest BCUT2D eigenvalue weighted by atomic mass is 35.5. The van der Waals surface area contributed by atoms with E-state index in [0.29, 0.717) is 35.7 Å². The molecule has 1 aromatic rings.